The average molecular weight is 517 g/mol. The Balaban J connectivity index is 1.61. The normalized spacial score (nSPS) is 11.2. The number of unbranched alkanes of at least 4 members (excludes halogenated alkanes) is 1. The van der Waals surface area contributed by atoms with Gasteiger partial charge in [0.25, 0.3) is 5.91 Å². The van der Waals surface area contributed by atoms with Crippen LogP contribution in [0.25, 0.3) is 0 Å². The monoisotopic (exact) mass is 516 g/mol. The summed E-state index contributed by atoms with van der Waals surface area (Å²) in [6.45, 7) is 2.92. The molecule has 6 nitrogen and oxygen atoms in total. The van der Waals surface area contributed by atoms with Crippen LogP contribution in [-0.2, 0) is 16.6 Å². The van der Waals surface area contributed by atoms with E-state index in [-0.39, 0.29) is 17.3 Å². The molecule has 0 aromatic heterocycles. The molecule has 0 aliphatic rings. The SMILES string of the molecule is CCCCOc1ccc(C(=O)Nc2ccc(S(=O)(=O)NCc3ccccc3)cc2)cc1Br. The van der Waals surface area contributed by atoms with Crippen LogP contribution < -0.4 is 14.8 Å². The highest BCUT2D eigenvalue weighted by atomic mass is 79.9. The Bertz CT molecular complexity index is 1150. The van der Waals surface area contributed by atoms with Crippen molar-refractivity contribution < 1.29 is 17.9 Å². The van der Waals surface area contributed by atoms with Crippen molar-refractivity contribution in [2.45, 2.75) is 31.2 Å². The summed E-state index contributed by atoms with van der Waals surface area (Å²) in [5, 5.41) is 2.78. The second-order valence-electron chi connectivity index (χ2n) is 7.14. The second kappa shape index (κ2) is 11.3. The molecular weight excluding hydrogens is 492 g/mol. The topological polar surface area (TPSA) is 84.5 Å². The van der Waals surface area contributed by atoms with Gasteiger partial charge in [0.05, 0.1) is 16.0 Å². The fourth-order valence-corrected chi connectivity index (χ4v) is 4.37. The molecule has 168 valence electrons. The van der Waals surface area contributed by atoms with Crippen molar-refractivity contribution >= 4 is 37.5 Å². The maximum Gasteiger partial charge on any atom is 0.255 e. The van der Waals surface area contributed by atoms with Gasteiger partial charge in [-0.15, -0.1) is 0 Å². The maximum absolute atomic E-state index is 12.6. The van der Waals surface area contributed by atoms with Gasteiger partial charge in [-0.1, -0.05) is 43.7 Å². The first-order chi connectivity index (χ1) is 15.4. The maximum atomic E-state index is 12.6. The van der Waals surface area contributed by atoms with Crippen LogP contribution in [0, 0.1) is 0 Å². The largest absolute Gasteiger partial charge is 0.492 e. The van der Waals surface area contributed by atoms with Gasteiger partial charge in [-0.25, -0.2) is 13.1 Å². The molecule has 0 atom stereocenters. The van der Waals surface area contributed by atoms with Gasteiger partial charge < -0.3 is 10.1 Å². The molecule has 0 unspecified atom stereocenters. The Morgan fingerprint density at radius 3 is 2.38 bits per heavy atom. The fourth-order valence-electron chi connectivity index (χ4n) is 2.86. The van der Waals surface area contributed by atoms with E-state index in [0.717, 1.165) is 18.4 Å². The summed E-state index contributed by atoms with van der Waals surface area (Å²) in [4.78, 5) is 12.7. The summed E-state index contributed by atoms with van der Waals surface area (Å²) in [6.07, 6.45) is 2.00. The number of hydrogen-bond donors (Lipinski definition) is 2. The molecule has 3 aromatic carbocycles. The Kier molecular flexibility index (Phi) is 8.44. The molecule has 0 heterocycles. The molecule has 0 spiro atoms. The number of ether oxygens (including phenoxy) is 1. The lowest BCUT2D eigenvalue weighted by atomic mass is 10.2. The van der Waals surface area contributed by atoms with Crippen molar-refractivity contribution in [3.8, 4) is 5.75 Å². The third-order valence-electron chi connectivity index (χ3n) is 4.68. The number of hydrogen-bond acceptors (Lipinski definition) is 4. The summed E-state index contributed by atoms with van der Waals surface area (Å²) in [5.41, 5.74) is 1.82. The van der Waals surface area contributed by atoms with Crippen LogP contribution in [0.5, 0.6) is 5.75 Å². The van der Waals surface area contributed by atoms with Crippen LogP contribution in [-0.4, -0.2) is 20.9 Å². The van der Waals surface area contributed by atoms with Crippen LogP contribution in [0.4, 0.5) is 5.69 Å². The van der Waals surface area contributed by atoms with Crippen LogP contribution in [0.15, 0.2) is 82.2 Å². The van der Waals surface area contributed by atoms with Gasteiger partial charge in [-0.2, -0.15) is 0 Å². The highest BCUT2D eigenvalue weighted by molar-refractivity contribution is 9.10. The predicted octanol–water partition coefficient (Wildman–Crippen LogP) is 5.36. The molecule has 0 radical (unpaired) electrons. The summed E-state index contributed by atoms with van der Waals surface area (Å²) >= 11 is 3.44. The third kappa shape index (κ3) is 6.66. The van der Waals surface area contributed by atoms with Crippen molar-refractivity contribution in [2.24, 2.45) is 0 Å². The lowest BCUT2D eigenvalue weighted by Gasteiger charge is -2.11. The number of sulfonamides is 1. The van der Waals surface area contributed by atoms with Gasteiger partial charge in [-0.05, 0) is 70.4 Å². The number of carbonyl (C=O) groups excluding carboxylic acids is 1. The zero-order valence-corrected chi connectivity index (χ0v) is 20.1. The minimum Gasteiger partial charge on any atom is -0.492 e. The molecule has 32 heavy (non-hydrogen) atoms. The Labute approximate surface area is 197 Å². The van der Waals surface area contributed by atoms with Crippen LogP contribution in [0.1, 0.15) is 35.7 Å². The van der Waals surface area contributed by atoms with E-state index < -0.39 is 10.0 Å². The highest BCUT2D eigenvalue weighted by Gasteiger charge is 2.15. The van der Waals surface area contributed by atoms with E-state index in [2.05, 4.69) is 32.9 Å². The van der Waals surface area contributed by atoms with Crippen molar-refractivity contribution in [1.29, 1.82) is 0 Å². The molecule has 3 aromatic rings. The molecule has 0 aliphatic carbocycles. The van der Waals surface area contributed by atoms with Gasteiger partial charge in [-0.3, -0.25) is 4.79 Å². The van der Waals surface area contributed by atoms with Crippen molar-refractivity contribution in [3.63, 3.8) is 0 Å². The van der Waals surface area contributed by atoms with E-state index in [9.17, 15) is 13.2 Å². The lowest BCUT2D eigenvalue weighted by molar-refractivity contribution is 0.102. The number of halogens is 1. The molecule has 0 aliphatic heterocycles. The number of benzene rings is 3. The molecule has 0 bridgehead atoms. The van der Waals surface area contributed by atoms with E-state index in [1.165, 1.54) is 12.1 Å². The Hall–Kier alpha value is -2.68. The third-order valence-corrected chi connectivity index (χ3v) is 6.72. The zero-order valence-electron chi connectivity index (χ0n) is 17.7. The average Bonchev–Trinajstić information content (AvgIpc) is 2.80. The number of anilines is 1. The van der Waals surface area contributed by atoms with Crippen LogP contribution in [0.3, 0.4) is 0 Å². The molecular formula is C24H25BrN2O4S. The smallest absolute Gasteiger partial charge is 0.255 e. The van der Waals surface area contributed by atoms with Crippen molar-refractivity contribution in [1.82, 2.24) is 4.72 Å². The first-order valence-electron chi connectivity index (χ1n) is 10.3. The standard InChI is InChI=1S/C24H25BrN2O4S/c1-2-3-15-31-23-14-9-19(16-22(23)25)24(28)27-20-10-12-21(13-11-20)32(29,30)26-17-18-7-5-4-6-8-18/h4-14,16,26H,2-3,15,17H2,1H3,(H,27,28). The summed E-state index contributed by atoms with van der Waals surface area (Å²) in [7, 11) is -3.66. The van der Waals surface area contributed by atoms with Gasteiger partial charge in [0.2, 0.25) is 10.0 Å². The van der Waals surface area contributed by atoms with E-state index >= 15 is 0 Å². The Morgan fingerprint density at radius 2 is 1.72 bits per heavy atom. The van der Waals surface area contributed by atoms with Gasteiger partial charge in [0, 0.05) is 17.8 Å². The molecule has 0 saturated carbocycles. The van der Waals surface area contributed by atoms with Crippen molar-refractivity contribution in [3.05, 3.63) is 88.4 Å². The summed E-state index contributed by atoms with van der Waals surface area (Å²) in [6, 6.07) is 20.5. The van der Waals surface area contributed by atoms with Crippen molar-refractivity contribution in [2.75, 3.05) is 11.9 Å². The first-order valence-corrected chi connectivity index (χ1v) is 12.5. The molecule has 3 rings (SSSR count). The predicted molar refractivity (Wildman–Crippen MR) is 129 cm³/mol. The number of amides is 1. The molecule has 0 fully saturated rings. The molecule has 1 amide bonds. The zero-order chi connectivity index (χ0) is 23.0. The molecule has 2 N–H and O–H groups in total. The Morgan fingerprint density at radius 1 is 1.00 bits per heavy atom. The fraction of sp³-hybridized carbons (Fsp3) is 0.208. The highest BCUT2D eigenvalue weighted by Crippen LogP contribution is 2.27. The first kappa shape index (κ1) is 24.0. The van der Waals surface area contributed by atoms with E-state index in [1.807, 2.05) is 30.3 Å². The molecule has 0 saturated heterocycles. The van der Waals surface area contributed by atoms with Crippen LogP contribution >= 0.6 is 15.9 Å². The quantitative estimate of drug-likeness (QED) is 0.355. The summed E-state index contributed by atoms with van der Waals surface area (Å²) < 4.78 is 34.0. The van der Waals surface area contributed by atoms with E-state index in [0.29, 0.717) is 28.1 Å². The van der Waals surface area contributed by atoms with E-state index in [4.69, 9.17) is 4.74 Å². The minimum absolute atomic E-state index is 0.128. The number of carbonyl (C=O) groups is 1. The van der Waals surface area contributed by atoms with Gasteiger partial charge in [0.1, 0.15) is 5.75 Å². The minimum atomic E-state index is -3.66. The number of nitrogens with one attached hydrogen (secondary N) is 2. The second-order valence-corrected chi connectivity index (χ2v) is 9.76. The van der Waals surface area contributed by atoms with Crippen LogP contribution in [0.2, 0.25) is 0 Å². The number of rotatable bonds is 10. The van der Waals surface area contributed by atoms with Gasteiger partial charge >= 0.3 is 0 Å². The lowest BCUT2D eigenvalue weighted by Crippen LogP contribution is -2.23. The molecule has 8 heteroatoms. The van der Waals surface area contributed by atoms with Gasteiger partial charge in [0.15, 0.2) is 0 Å². The van der Waals surface area contributed by atoms with E-state index in [1.54, 1.807) is 30.3 Å². The summed E-state index contributed by atoms with van der Waals surface area (Å²) in [5.74, 6) is 0.385.